The second-order valence-corrected chi connectivity index (χ2v) is 4.56. The highest BCUT2D eigenvalue weighted by Crippen LogP contribution is 2.18. The highest BCUT2D eigenvalue weighted by atomic mass is 15.1. The topological polar surface area (TPSA) is 41.6 Å². The van der Waals surface area contributed by atoms with E-state index in [1.165, 1.54) is 0 Å². The Balaban J connectivity index is 1.93. The first-order valence-electron chi connectivity index (χ1n) is 6.42. The fourth-order valence-corrected chi connectivity index (χ4v) is 2.22. The normalized spacial score (nSPS) is 10.2. The largest absolute Gasteiger partial charge is 0.327 e. The van der Waals surface area contributed by atoms with Gasteiger partial charge in [-0.25, -0.2) is 4.98 Å². The molecule has 0 unspecified atom stereocenters. The number of hydrogen-bond acceptors (Lipinski definition) is 2. The third kappa shape index (κ3) is 2.45. The summed E-state index contributed by atoms with van der Waals surface area (Å²) < 4.78 is 2.09. The molecule has 3 aromatic rings. The number of nitriles is 1. The van der Waals surface area contributed by atoms with Gasteiger partial charge >= 0.3 is 0 Å². The van der Waals surface area contributed by atoms with Crippen molar-refractivity contribution in [1.82, 2.24) is 9.55 Å². The van der Waals surface area contributed by atoms with Crippen molar-refractivity contribution >= 4 is 0 Å². The molecule has 3 nitrogen and oxygen atoms in total. The number of benzene rings is 2. The molecule has 3 rings (SSSR count). The molecule has 0 fully saturated rings. The first kappa shape index (κ1) is 12.2. The maximum atomic E-state index is 8.95. The predicted molar refractivity (Wildman–Crippen MR) is 77.9 cm³/mol. The molecule has 0 saturated heterocycles. The van der Waals surface area contributed by atoms with Crippen molar-refractivity contribution in [2.75, 3.05) is 0 Å². The monoisotopic (exact) mass is 259 g/mol. The minimum atomic E-state index is 0.684. The van der Waals surface area contributed by atoms with Crippen molar-refractivity contribution in [1.29, 1.82) is 5.26 Å². The first-order chi connectivity index (χ1) is 9.86. The molecule has 0 aliphatic heterocycles. The van der Waals surface area contributed by atoms with Gasteiger partial charge in [-0.1, -0.05) is 42.5 Å². The van der Waals surface area contributed by atoms with Gasteiger partial charge in [0.25, 0.3) is 0 Å². The molecule has 1 heterocycles. The molecular formula is C17H13N3. The second kappa shape index (κ2) is 5.41. The third-order valence-electron chi connectivity index (χ3n) is 3.16. The van der Waals surface area contributed by atoms with Crippen LogP contribution in [0.3, 0.4) is 0 Å². The van der Waals surface area contributed by atoms with Gasteiger partial charge < -0.3 is 4.57 Å². The van der Waals surface area contributed by atoms with Gasteiger partial charge in [-0.15, -0.1) is 0 Å². The zero-order chi connectivity index (χ0) is 13.8. The molecule has 0 atom stereocenters. The Morgan fingerprint density at radius 3 is 2.70 bits per heavy atom. The lowest BCUT2D eigenvalue weighted by atomic mass is 10.1. The summed E-state index contributed by atoms with van der Waals surface area (Å²) in [6, 6.07) is 19.9. The van der Waals surface area contributed by atoms with Gasteiger partial charge in [-0.05, 0) is 17.7 Å². The van der Waals surface area contributed by atoms with Gasteiger partial charge in [0.2, 0.25) is 0 Å². The Labute approximate surface area is 117 Å². The molecule has 20 heavy (non-hydrogen) atoms. The number of rotatable bonds is 3. The molecule has 0 aliphatic carbocycles. The maximum absolute atomic E-state index is 8.95. The zero-order valence-electron chi connectivity index (χ0n) is 10.9. The van der Waals surface area contributed by atoms with Crippen LogP contribution in [0, 0.1) is 11.3 Å². The molecule has 0 aliphatic rings. The summed E-state index contributed by atoms with van der Waals surface area (Å²) in [6.45, 7) is 0.708. The van der Waals surface area contributed by atoms with Crippen molar-refractivity contribution in [3.05, 3.63) is 78.1 Å². The molecule has 0 spiro atoms. The van der Waals surface area contributed by atoms with E-state index in [1.54, 1.807) is 6.20 Å². The summed E-state index contributed by atoms with van der Waals surface area (Å²) in [4.78, 5) is 4.42. The van der Waals surface area contributed by atoms with Crippen molar-refractivity contribution in [2.24, 2.45) is 0 Å². The predicted octanol–water partition coefficient (Wildman–Crippen LogP) is 3.47. The van der Waals surface area contributed by atoms with Gasteiger partial charge in [0, 0.05) is 24.5 Å². The van der Waals surface area contributed by atoms with Crippen molar-refractivity contribution < 1.29 is 0 Å². The van der Waals surface area contributed by atoms with E-state index in [0.29, 0.717) is 12.1 Å². The lowest BCUT2D eigenvalue weighted by Gasteiger charge is -2.08. The van der Waals surface area contributed by atoms with Crippen molar-refractivity contribution in [3.63, 3.8) is 0 Å². The number of nitrogens with zero attached hydrogens (tertiary/aromatic N) is 3. The van der Waals surface area contributed by atoms with Crippen LogP contribution in [0.25, 0.3) is 11.4 Å². The quantitative estimate of drug-likeness (QED) is 0.722. The van der Waals surface area contributed by atoms with Gasteiger partial charge in [0.05, 0.1) is 11.6 Å². The zero-order valence-corrected chi connectivity index (χ0v) is 10.9. The number of hydrogen-bond donors (Lipinski definition) is 0. The van der Waals surface area contributed by atoms with Gasteiger partial charge in [-0.2, -0.15) is 5.26 Å². The van der Waals surface area contributed by atoms with E-state index >= 15 is 0 Å². The summed E-state index contributed by atoms with van der Waals surface area (Å²) >= 11 is 0. The lowest BCUT2D eigenvalue weighted by Crippen LogP contribution is -2.01. The Morgan fingerprint density at radius 2 is 1.90 bits per heavy atom. The van der Waals surface area contributed by atoms with Gasteiger partial charge in [0.15, 0.2) is 0 Å². The van der Waals surface area contributed by atoms with Crippen LogP contribution in [0.5, 0.6) is 0 Å². The van der Waals surface area contributed by atoms with E-state index in [9.17, 15) is 0 Å². The summed E-state index contributed by atoms with van der Waals surface area (Å²) in [5.41, 5.74) is 2.87. The summed E-state index contributed by atoms with van der Waals surface area (Å²) in [5.74, 6) is 0.938. The molecule has 2 aromatic carbocycles. The first-order valence-corrected chi connectivity index (χ1v) is 6.42. The smallest absolute Gasteiger partial charge is 0.140 e. The number of aromatic nitrogens is 2. The molecule has 0 saturated carbocycles. The molecular weight excluding hydrogens is 246 g/mol. The standard InChI is InChI=1S/C17H13N3/c18-12-14-5-4-6-15(11-14)13-20-10-9-19-17(20)16-7-2-1-3-8-16/h1-11H,13H2. The average molecular weight is 259 g/mol. The Kier molecular flexibility index (Phi) is 3.30. The molecule has 0 N–H and O–H groups in total. The van der Waals surface area contributed by atoms with E-state index in [2.05, 4.69) is 15.6 Å². The van der Waals surface area contributed by atoms with Crippen LogP contribution in [0.15, 0.2) is 67.0 Å². The van der Waals surface area contributed by atoms with Crippen LogP contribution in [-0.4, -0.2) is 9.55 Å². The molecule has 0 amide bonds. The minimum Gasteiger partial charge on any atom is -0.327 e. The highest BCUT2D eigenvalue weighted by Gasteiger charge is 2.06. The summed E-state index contributed by atoms with van der Waals surface area (Å²) in [6.07, 6.45) is 3.76. The SMILES string of the molecule is N#Cc1cccc(Cn2ccnc2-c2ccccc2)c1. The van der Waals surface area contributed by atoms with E-state index in [1.807, 2.05) is 60.8 Å². The second-order valence-electron chi connectivity index (χ2n) is 4.56. The van der Waals surface area contributed by atoms with E-state index in [4.69, 9.17) is 5.26 Å². The molecule has 0 radical (unpaired) electrons. The average Bonchev–Trinajstić information content (AvgIpc) is 2.96. The fourth-order valence-electron chi connectivity index (χ4n) is 2.22. The van der Waals surface area contributed by atoms with Gasteiger partial charge in [0.1, 0.15) is 5.82 Å². The third-order valence-corrected chi connectivity index (χ3v) is 3.16. The van der Waals surface area contributed by atoms with Crippen LogP contribution in [0.4, 0.5) is 0 Å². The lowest BCUT2D eigenvalue weighted by molar-refractivity contribution is 0.807. The Bertz CT molecular complexity index is 751. The van der Waals surface area contributed by atoms with Crippen LogP contribution in [0.1, 0.15) is 11.1 Å². The highest BCUT2D eigenvalue weighted by molar-refractivity contribution is 5.55. The Morgan fingerprint density at radius 1 is 1.05 bits per heavy atom. The van der Waals surface area contributed by atoms with Crippen LogP contribution in [-0.2, 0) is 6.54 Å². The molecule has 1 aromatic heterocycles. The molecule has 96 valence electrons. The van der Waals surface area contributed by atoms with E-state index < -0.39 is 0 Å². The maximum Gasteiger partial charge on any atom is 0.140 e. The van der Waals surface area contributed by atoms with Crippen LogP contribution in [0.2, 0.25) is 0 Å². The van der Waals surface area contributed by atoms with E-state index in [0.717, 1.165) is 17.0 Å². The van der Waals surface area contributed by atoms with Crippen LogP contribution < -0.4 is 0 Å². The molecule has 3 heteroatoms. The van der Waals surface area contributed by atoms with Crippen LogP contribution >= 0.6 is 0 Å². The molecule has 0 bridgehead atoms. The minimum absolute atomic E-state index is 0.684. The fraction of sp³-hybridized carbons (Fsp3) is 0.0588. The summed E-state index contributed by atoms with van der Waals surface area (Å²) in [5, 5.41) is 8.95. The van der Waals surface area contributed by atoms with Crippen molar-refractivity contribution in [2.45, 2.75) is 6.54 Å². The van der Waals surface area contributed by atoms with Gasteiger partial charge in [-0.3, -0.25) is 0 Å². The number of imidazole rings is 1. The van der Waals surface area contributed by atoms with Crippen molar-refractivity contribution in [3.8, 4) is 17.5 Å². The summed E-state index contributed by atoms with van der Waals surface area (Å²) in [7, 11) is 0. The Hall–Kier alpha value is -2.86. The van der Waals surface area contributed by atoms with E-state index in [-0.39, 0.29) is 0 Å².